The average molecular weight is 290 g/mol. The second kappa shape index (κ2) is 9.93. The first-order chi connectivity index (χ1) is 10.4. The summed E-state index contributed by atoms with van der Waals surface area (Å²) in [5, 5.41) is 3.70. The Kier molecular flexibility index (Phi) is 7.79. The molecule has 0 spiro atoms. The first-order valence-corrected chi connectivity index (χ1v) is 8.46. The van der Waals surface area contributed by atoms with E-state index in [9.17, 15) is 0 Å². The van der Waals surface area contributed by atoms with Crippen molar-refractivity contribution in [2.45, 2.75) is 38.6 Å². The van der Waals surface area contributed by atoms with Crippen molar-refractivity contribution >= 4 is 0 Å². The van der Waals surface area contributed by atoms with Crippen molar-refractivity contribution in [3.63, 3.8) is 0 Å². The highest BCUT2D eigenvalue weighted by Gasteiger charge is 2.17. The number of hydrogen-bond acceptors (Lipinski definition) is 3. The molecule has 0 radical (unpaired) electrons. The monoisotopic (exact) mass is 290 g/mol. The third-order valence-corrected chi connectivity index (χ3v) is 4.00. The van der Waals surface area contributed by atoms with E-state index >= 15 is 0 Å². The molecule has 0 aliphatic carbocycles. The van der Waals surface area contributed by atoms with Gasteiger partial charge >= 0.3 is 0 Å². The highest BCUT2D eigenvalue weighted by Crippen LogP contribution is 2.08. The molecule has 1 atom stereocenters. The molecular weight excluding hydrogens is 260 g/mol. The summed E-state index contributed by atoms with van der Waals surface area (Å²) in [6.45, 7) is 8.64. The lowest BCUT2D eigenvalue weighted by atomic mass is 10.1. The van der Waals surface area contributed by atoms with Crippen molar-refractivity contribution in [3.05, 3.63) is 35.9 Å². The summed E-state index contributed by atoms with van der Waals surface area (Å²) in [7, 11) is 0. The Bertz CT molecular complexity index is 369. The first-order valence-electron chi connectivity index (χ1n) is 8.46. The maximum Gasteiger partial charge on any atom is 0.0478 e. The Hall–Kier alpha value is -0.900. The van der Waals surface area contributed by atoms with Crippen LogP contribution in [-0.2, 0) is 11.2 Å². The van der Waals surface area contributed by atoms with E-state index < -0.39 is 0 Å². The summed E-state index contributed by atoms with van der Waals surface area (Å²) >= 11 is 0. The van der Waals surface area contributed by atoms with Gasteiger partial charge in [-0.05, 0) is 44.3 Å². The predicted molar refractivity (Wildman–Crippen MR) is 88.7 cm³/mol. The maximum atomic E-state index is 5.59. The molecule has 0 bridgehead atoms. The molecule has 0 saturated carbocycles. The van der Waals surface area contributed by atoms with Crippen LogP contribution in [0.25, 0.3) is 0 Å². The molecule has 1 unspecified atom stereocenters. The molecule has 1 aromatic carbocycles. The number of benzene rings is 1. The third-order valence-electron chi connectivity index (χ3n) is 4.00. The summed E-state index contributed by atoms with van der Waals surface area (Å²) < 4.78 is 5.59. The molecule has 1 fully saturated rings. The topological polar surface area (TPSA) is 24.5 Å². The van der Waals surface area contributed by atoms with Crippen molar-refractivity contribution in [2.24, 2.45) is 0 Å². The highest BCUT2D eigenvalue weighted by molar-refractivity contribution is 5.16. The van der Waals surface area contributed by atoms with Gasteiger partial charge in [0.1, 0.15) is 0 Å². The fourth-order valence-corrected chi connectivity index (χ4v) is 2.95. The second-order valence-corrected chi connectivity index (χ2v) is 5.96. The van der Waals surface area contributed by atoms with Gasteiger partial charge < -0.3 is 15.0 Å². The van der Waals surface area contributed by atoms with Crippen LogP contribution in [0.5, 0.6) is 0 Å². The van der Waals surface area contributed by atoms with Gasteiger partial charge in [-0.2, -0.15) is 0 Å². The van der Waals surface area contributed by atoms with Gasteiger partial charge in [0, 0.05) is 32.3 Å². The molecule has 1 N–H and O–H groups in total. The van der Waals surface area contributed by atoms with Gasteiger partial charge in [0.15, 0.2) is 0 Å². The standard InChI is InChI=1S/C18H30N2O/c1-2-13-21-14-7-12-20-11-6-10-19-18(16-20)15-17-8-4-3-5-9-17/h3-5,8-9,18-19H,2,6-7,10-16H2,1H3. The van der Waals surface area contributed by atoms with Gasteiger partial charge in [-0.1, -0.05) is 37.3 Å². The van der Waals surface area contributed by atoms with E-state index in [-0.39, 0.29) is 0 Å². The van der Waals surface area contributed by atoms with Crippen LogP contribution in [-0.4, -0.2) is 50.3 Å². The van der Waals surface area contributed by atoms with E-state index in [1.807, 2.05) is 0 Å². The van der Waals surface area contributed by atoms with E-state index in [1.165, 1.54) is 18.5 Å². The van der Waals surface area contributed by atoms with Crippen LogP contribution in [0.4, 0.5) is 0 Å². The Morgan fingerprint density at radius 2 is 2.10 bits per heavy atom. The van der Waals surface area contributed by atoms with Crippen molar-refractivity contribution in [3.8, 4) is 0 Å². The van der Waals surface area contributed by atoms with Gasteiger partial charge in [0.05, 0.1) is 0 Å². The van der Waals surface area contributed by atoms with Gasteiger partial charge in [-0.15, -0.1) is 0 Å². The summed E-state index contributed by atoms with van der Waals surface area (Å²) in [5.74, 6) is 0. The molecule has 21 heavy (non-hydrogen) atoms. The van der Waals surface area contributed by atoms with Crippen LogP contribution in [0, 0.1) is 0 Å². The minimum Gasteiger partial charge on any atom is -0.381 e. The van der Waals surface area contributed by atoms with Crippen LogP contribution in [0.2, 0.25) is 0 Å². The molecule has 0 aromatic heterocycles. The molecule has 1 aliphatic heterocycles. The fourth-order valence-electron chi connectivity index (χ4n) is 2.95. The number of nitrogens with one attached hydrogen (secondary N) is 1. The molecule has 3 nitrogen and oxygen atoms in total. The molecule has 0 amide bonds. The molecule has 1 heterocycles. The van der Waals surface area contributed by atoms with E-state index in [4.69, 9.17) is 4.74 Å². The number of rotatable bonds is 8. The van der Waals surface area contributed by atoms with E-state index in [0.29, 0.717) is 6.04 Å². The Morgan fingerprint density at radius 3 is 2.90 bits per heavy atom. The predicted octanol–water partition coefficient (Wildman–Crippen LogP) is 2.71. The molecule has 1 saturated heterocycles. The van der Waals surface area contributed by atoms with E-state index in [0.717, 1.165) is 52.1 Å². The third kappa shape index (κ3) is 6.60. The average Bonchev–Trinajstić information content (AvgIpc) is 2.73. The van der Waals surface area contributed by atoms with Crippen molar-refractivity contribution < 1.29 is 4.74 Å². The summed E-state index contributed by atoms with van der Waals surface area (Å²) in [5.41, 5.74) is 1.43. The normalized spacial score (nSPS) is 20.3. The lowest BCUT2D eigenvalue weighted by Gasteiger charge is -2.24. The van der Waals surface area contributed by atoms with Crippen molar-refractivity contribution in [1.29, 1.82) is 0 Å². The molecule has 118 valence electrons. The largest absolute Gasteiger partial charge is 0.381 e. The summed E-state index contributed by atoms with van der Waals surface area (Å²) in [4.78, 5) is 2.60. The number of nitrogens with zero attached hydrogens (tertiary/aromatic N) is 1. The summed E-state index contributed by atoms with van der Waals surface area (Å²) in [6, 6.07) is 11.4. The molecule has 1 aliphatic rings. The Morgan fingerprint density at radius 1 is 1.24 bits per heavy atom. The molecule has 1 aromatic rings. The zero-order valence-corrected chi connectivity index (χ0v) is 13.4. The fraction of sp³-hybridized carbons (Fsp3) is 0.667. The van der Waals surface area contributed by atoms with Gasteiger partial charge in [0.25, 0.3) is 0 Å². The van der Waals surface area contributed by atoms with Crippen LogP contribution >= 0.6 is 0 Å². The van der Waals surface area contributed by atoms with Gasteiger partial charge in [0.2, 0.25) is 0 Å². The van der Waals surface area contributed by atoms with Crippen molar-refractivity contribution in [1.82, 2.24) is 10.2 Å². The van der Waals surface area contributed by atoms with E-state index in [2.05, 4.69) is 47.5 Å². The second-order valence-electron chi connectivity index (χ2n) is 5.96. The van der Waals surface area contributed by atoms with Crippen LogP contribution in [0.3, 0.4) is 0 Å². The minimum atomic E-state index is 0.575. The number of ether oxygens (including phenoxy) is 1. The smallest absolute Gasteiger partial charge is 0.0478 e. The maximum absolute atomic E-state index is 5.59. The summed E-state index contributed by atoms with van der Waals surface area (Å²) in [6.07, 6.45) is 4.65. The first kappa shape index (κ1) is 16.5. The van der Waals surface area contributed by atoms with Crippen LogP contribution in [0.1, 0.15) is 31.7 Å². The zero-order chi connectivity index (χ0) is 14.8. The number of hydrogen-bond donors (Lipinski definition) is 1. The quantitative estimate of drug-likeness (QED) is 0.745. The van der Waals surface area contributed by atoms with Gasteiger partial charge in [-0.25, -0.2) is 0 Å². The van der Waals surface area contributed by atoms with E-state index in [1.54, 1.807) is 0 Å². The lowest BCUT2D eigenvalue weighted by molar-refractivity contribution is 0.120. The van der Waals surface area contributed by atoms with Crippen LogP contribution < -0.4 is 5.32 Å². The van der Waals surface area contributed by atoms with Gasteiger partial charge in [-0.3, -0.25) is 0 Å². The zero-order valence-electron chi connectivity index (χ0n) is 13.4. The molecule has 3 heteroatoms. The lowest BCUT2D eigenvalue weighted by Crippen LogP contribution is -2.39. The Labute approximate surface area is 129 Å². The van der Waals surface area contributed by atoms with Crippen molar-refractivity contribution in [2.75, 3.05) is 39.4 Å². The SMILES string of the molecule is CCCOCCCN1CCCNC(Cc2ccccc2)C1. The Balaban J connectivity index is 1.73. The molecular formula is C18H30N2O. The minimum absolute atomic E-state index is 0.575. The highest BCUT2D eigenvalue weighted by atomic mass is 16.5. The molecule has 2 rings (SSSR count). The van der Waals surface area contributed by atoms with Crippen LogP contribution in [0.15, 0.2) is 30.3 Å².